The van der Waals surface area contributed by atoms with Gasteiger partial charge in [0.25, 0.3) is 0 Å². The summed E-state index contributed by atoms with van der Waals surface area (Å²) in [6.07, 6.45) is 4.24. The van der Waals surface area contributed by atoms with E-state index in [2.05, 4.69) is 70.1 Å². The molecule has 0 aliphatic carbocycles. The summed E-state index contributed by atoms with van der Waals surface area (Å²) in [7, 11) is 0. The molecule has 1 unspecified atom stereocenters. The van der Waals surface area contributed by atoms with Crippen LogP contribution in [0.25, 0.3) is 10.9 Å². The standard InChI is InChI=1S/C18H26BrN3/c1-4-22(5-2)12-6-7-14(3)21-15-8-9-18-16(13-15)17(19)10-11-20-18/h8-11,13-14,21H,4-7,12H2,1-3H3. The van der Waals surface area contributed by atoms with E-state index in [4.69, 9.17) is 0 Å². The first-order valence-electron chi connectivity index (χ1n) is 8.17. The van der Waals surface area contributed by atoms with Gasteiger partial charge in [0.1, 0.15) is 0 Å². The van der Waals surface area contributed by atoms with E-state index in [1.54, 1.807) is 0 Å². The number of hydrogen-bond acceptors (Lipinski definition) is 3. The van der Waals surface area contributed by atoms with Crippen molar-refractivity contribution in [3.05, 3.63) is 34.9 Å². The molecule has 0 bridgehead atoms. The number of halogens is 1. The second-order valence-electron chi connectivity index (χ2n) is 5.74. The van der Waals surface area contributed by atoms with E-state index in [1.807, 2.05) is 12.3 Å². The molecule has 0 saturated carbocycles. The minimum absolute atomic E-state index is 0.475. The van der Waals surface area contributed by atoms with Crippen molar-refractivity contribution in [3.8, 4) is 0 Å². The summed E-state index contributed by atoms with van der Waals surface area (Å²) < 4.78 is 1.09. The highest BCUT2D eigenvalue weighted by molar-refractivity contribution is 9.10. The molecular weight excluding hydrogens is 338 g/mol. The van der Waals surface area contributed by atoms with Crippen molar-refractivity contribution in [1.82, 2.24) is 9.88 Å². The molecule has 120 valence electrons. The van der Waals surface area contributed by atoms with Gasteiger partial charge < -0.3 is 10.2 Å². The normalized spacial score (nSPS) is 12.8. The summed E-state index contributed by atoms with van der Waals surface area (Å²) >= 11 is 3.60. The maximum atomic E-state index is 4.39. The van der Waals surface area contributed by atoms with Gasteiger partial charge in [0.05, 0.1) is 5.52 Å². The molecule has 0 fully saturated rings. The monoisotopic (exact) mass is 363 g/mol. The Morgan fingerprint density at radius 2 is 2.00 bits per heavy atom. The molecule has 0 spiro atoms. The van der Waals surface area contributed by atoms with Gasteiger partial charge in [-0.2, -0.15) is 0 Å². The summed E-state index contributed by atoms with van der Waals surface area (Å²) in [5.41, 5.74) is 2.19. The average molecular weight is 364 g/mol. The molecule has 4 heteroatoms. The molecule has 3 nitrogen and oxygen atoms in total. The molecule has 1 aromatic heterocycles. The van der Waals surface area contributed by atoms with E-state index >= 15 is 0 Å². The summed E-state index contributed by atoms with van der Waals surface area (Å²) in [6, 6.07) is 8.82. The molecule has 1 aromatic carbocycles. The SMILES string of the molecule is CCN(CC)CCCC(C)Nc1ccc2nccc(Br)c2c1. The van der Waals surface area contributed by atoms with Crippen molar-refractivity contribution >= 4 is 32.5 Å². The number of pyridine rings is 1. The van der Waals surface area contributed by atoms with Crippen molar-refractivity contribution in [1.29, 1.82) is 0 Å². The fourth-order valence-corrected chi connectivity index (χ4v) is 3.16. The molecule has 1 heterocycles. The van der Waals surface area contributed by atoms with Gasteiger partial charge in [0.15, 0.2) is 0 Å². The Kier molecular flexibility index (Phi) is 6.65. The average Bonchev–Trinajstić information content (AvgIpc) is 2.52. The largest absolute Gasteiger partial charge is 0.383 e. The lowest BCUT2D eigenvalue weighted by Crippen LogP contribution is -2.25. The van der Waals surface area contributed by atoms with Gasteiger partial charge in [-0.3, -0.25) is 4.98 Å². The minimum atomic E-state index is 0.475. The van der Waals surface area contributed by atoms with Gasteiger partial charge in [0.2, 0.25) is 0 Å². The zero-order chi connectivity index (χ0) is 15.9. The minimum Gasteiger partial charge on any atom is -0.383 e. The van der Waals surface area contributed by atoms with Gasteiger partial charge in [-0.15, -0.1) is 0 Å². The second-order valence-corrected chi connectivity index (χ2v) is 6.59. The molecule has 1 N–H and O–H groups in total. The highest BCUT2D eigenvalue weighted by Crippen LogP contribution is 2.25. The van der Waals surface area contributed by atoms with E-state index in [9.17, 15) is 0 Å². The van der Waals surface area contributed by atoms with Crippen LogP contribution in [0.5, 0.6) is 0 Å². The van der Waals surface area contributed by atoms with Gasteiger partial charge in [0, 0.05) is 27.8 Å². The first kappa shape index (κ1) is 17.2. The van der Waals surface area contributed by atoms with Gasteiger partial charge >= 0.3 is 0 Å². The molecule has 0 aliphatic heterocycles. The van der Waals surface area contributed by atoms with E-state index in [1.165, 1.54) is 19.4 Å². The highest BCUT2D eigenvalue weighted by Gasteiger charge is 2.06. The third-order valence-electron chi connectivity index (χ3n) is 4.11. The van der Waals surface area contributed by atoms with E-state index < -0.39 is 0 Å². The number of rotatable bonds is 8. The number of aromatic nitrogens is 1. The van der Waals surface area contributed by atoms with E-state index in [-0.39, 0.29) is 0 Å². The summed E-state index contributed by atoms with van der Waals surface area (Å²) in [5, 5.41) is 4.76. The number of nitrogens with one attached hydrogen (secondary N) is 1. The lowest BCUT2D eigenvalue weighted by molar-refractivity contribution is 0.295. The van der Waals surface area contributed by atoms with Crippen LogP contribution in [0, 0.1) is 0 Å². The van der Waals surface area contributed by atoms with Crippen LogP contribution >= 0.6 is 15.9 Å². The Balaban J connectivity index is 1.91. The Hall–Kier alpha value is -1.13. The van der Waals surface area contributed by atoms with Crippen molar-refractivity contribution in [2.24, 2.45) is 0 Å². The van der Waals surface area contributed by atoms with Crippen molar-refractivity contribution in [3.63, 3.8) is 0 Å². The van der Waals surface area contributed by atoms with E-state index in [0.717, 1.165) is 34.2 Å². The van der Waals surface area contributed by atoms with Crippen LogP contribution in [0.4, 0.5) is 5.69 Å². The smallest absolute Gasteiger partial charge is 0.0714 e. The van der Waals surface area contributed by atoms with Crippen LogP contribution in [0.1, 0.15) is 33.6 Å². The van der Waals surface area contributed by atoms with Crippen LogP contribution in [0.2, 0.25) is 0 Å². The molecule has 0 amide bonds. The van der Waals surface area contributed by atoms with Crippen LogP contribution in [0.3, 0.4) is 0 Å². The third kappa shape index (κ3) is 4.68. The van der Waals surface area contributed by atoms with Crippen molar-refractivity contribution in [2.75, 3.05) is 25.0 Å². The van der Waals surface area contributed by atoms with Crippen LogP contribution in [0.15, 0.2) is 34.9 Å². The molecule has 0 radical (unpaired) electrons. The summed E-state index contributed by atoms with van der Waals surface area (Å²) in [5.74, 6) is 0. The first-order valence-corrected chi connectivity index (χ1v) is 8.96. The van der Waals surface area contributed by atoms with Crippen molar-refractivity contribution in [2.45, 2.75) is 39.7 Å². The van der Waals surface area contributed by atoms with Crippen LogP contribution in [-0.2, 0) is 0 Å². The third-order valence-corrected chi connectivity index (χ3v) is 4.80. The number of benzene rings is 1. The molecule has 0 aliphatic rings. The maximum Gasteiger partial charge on any atom is 0.0714 e. The van der Waals surface area contributed by atoms with Gasteiger partial charge in [-0.25, -0.2) is 0 Å². The number of fused-ring (bicyclic) bond motifs is 1. The summed E-state index contributed by atoms with van der Waals surface area (Å²) in [4.78, 5) is 6.86. The number of nitrogens with zero attached hydrogens (tertiary/aromatic N) is 2. The molecule has 2 rings (SSSR count). The first-order chi connectivity index (χ1) is 10.6. The Bertz CT molecular complexity index is 596. The van der Waals surface area contributed by atoms with Gasteiger partial charge in [-0.1, -0.05) is 29.8 Å². The Morgan fingerprint density at radius 1 is 1.23 bits per heavy atom. The predicted molar refractivity (Wildman–Crippen MR) is 99.5 cm³/mol. The molecule has 2 aromatic rings. The molecular formula is C18H26BrN3. The number of hydrogen-bond donors (Lipinski definition) is 1. The Morgan fingerprint density at radius 3 is 2.73 bits per heavy atom. The lowest BCUT2D eigenvalue weighted by Gasteiger charge is -2.20. The topological polar surface area (TPSA) is 28.2 Å². The molecule has 1 atom stereocenters. The highest BCUT2D eigenvalue weighted by atomic mass is 79.9. The maximum absolute atomic E-state index is 4.39. The number of anilines is 1. The van der Waals surface area contributed by atoms with Crippen molar-refractivity contribution < 1.29 is 0 Å². The van der Waals surface area contributed by atoms with Crippen LogP contribution in [-0.4, -0.2) is 35.6 Å². The second kappa shape index (κ2) is 8.49. The quantitative estimate of drug-likeness (QED) is 0.721. The molecule has 22 heavy (non-hydrogen) atoms. The summed E-state index contributed by atoms with van der Waals surface area (Å²) in [6.45, 7) is 10.2. The fourth-order valence-electron chi connectivity index (χ4n) is 2.72. The lowest BCUT2D eigenvalue weighted by atomic mass is 10.1. The Labute approximate surface area is 142 Å². The zero-order valence-corrected chi connectivity index (χ0v) is 15.4. The zero-order valence-electron chi connectivity index (χ0n) is 13.8. The fraction of sp³-hybridized carbons (Fsp3) is 0.500. The van der Waals surface area contributed by atoms with E-state index in [0.29, 0.717) is 6.04 Å². The van der Waals surface area contributed by atoms with Gasteiger partial charge in [-0.05, 0) is 63.7 Å². The predicted octanol–water partition coefficient (Wildman–Crippen LogP) is 4.92. The van der Waals surface area contributed by atoms with Crippen LogP contribution < -0.4 is 5.32 Å². The molecule has 0 saturated heterocycles.